The van der Waals surface area contributed by atoms with Crippen LogP contribution in [0, 0.1) is 11.8 Å². The summed E-state index contributed by atoms with van der Waals surface area (Å²) < 4.78 is 15.7. The molecule has 3 atom stereocenters. The predicted molar refractivity (Wildman–Crippen MR) is 179 cm³/mol. The number of amides is 1. The smallest absolute Gasteiger partial charge is 0.348 e. The molecule has 0 saturated heterocycles. The molecule has 0 bridgehead atoms. The Morgan fingerprint density at radius 2 is 1.63 bits per heavy atom. The van der Waals surface area contributed by atoms with Crippen LogP contribution >= 0.6 is 11.6 Å². The third-order valence-corrected chi connectivity index (χ3v) is 7.90. The molecule has 0 fully saturated rings. The highest BCUT2D eigenvalue weighted by atomic mass is 35.5. The van der Waals surface area contributed by atoms with Gasteiger partial charge in [0.1, 0.15) is 0 Å². The van der Waals surface area contributed by atoms with Crippen LogP contribution in [0.5, 0.6) is 0 Å². The predicted octanol–water partition coefficient (Wildman–Crippen LogP) is 3.85. The van der Waals surface area contributed by atoms with Crippen LogP contribution in [-0.2, 0) is 35.0 Å². The summed E-state index contributed by atoms with van der Waals surface area (Å²) in [7, 11) is 1.21. The van der Waals surface area contributed by atoms with Gasteiger partial charge in [-0.2, -0.15) is 4.68 Å². The summed E-state index contributed by atoms with van der Waals surface area (Å²) in [5.41, 5.74) is 2.39. The normalized spacial score (nSPS) is 12.9. The van der Waals surface area contributed by atoms with Gasteiger partial charge in [0, 0.05) is 17.5 Å². The molecule has 3 N–H and O–H groups in total. The third-order valence-electron chi connectivity index (χ3n) is 7.67. The molecule has 3 aromatic carbocycles. The first kappa shape index (κ1) is 36.6. The standard InChI is InChI=1S/C35H37ClN4O9/c1-21(2)28(19-30(42)47-3)33(44)48-20-49-34(45)29(41)18-26(16-22-12-14-23(15-13-22)24-8-7-9-25(36)17-24)37-32(43)31-38-35(46)40(39-31)27-10-5-4-6-11-27/h4-15,17,21,26,28-29,41H,16,18-20H2,1-3H3,(H,37,43)(H,38,39,46)/t26-,28+,29-/m1/s1. The van der Waals surface area contributed by atoms with E-state index in [1.54, 1.807) is 50.2 Å². The summed E-state index contributed by atoms with van der Waals surface area (Å²) in [5, 5.41) is 18.2. The first-order valence-electron chi connectivity index (χ1n) is 15.4. The monoisotopic (exact) mass is 692 g/mol. The fraction of sp³-hybridized carbons (Fsp3) is 0.314. The number of para-hydroxylation sites is 1. The molecule has 0 spiro atoms. The number of rotatable bonds is 15. The topological polar surface area (TPSA) is 179 Å². The Labute approximate surface area is 287 Å². The van der Waals surface area contributed by atoms with Crippen LogP contribution in [0.25, 0.3) is 16.8 Å². The van der Waals surface area contributed by atoms with E-state index in [2.05, 4.69) is 20.1 Å². The van der Waals surface area contributed by atoms with Crippen LogP contribution in [0.2, 0.25) is 5.02 Å². The van der Waals surface area contributed by atoms with E-state index in [4.69, 9.17) is 21.1 Å². The number of aliphatic hydroxyl groups is 1. The second-order valence-corrected chi connectivity index (χ2v) is 12.0. The van der Waals surface area contributed by atoms with E-state index in [1.807, 2.05) is 42.5 Å². The van der Waals surface area contributed by atoms with Crippen molar-refractivity contribution < 1.29 is 38.5 Å². The molecule has 49 heavy (non-hydrogen) atoms. The van der Waals surface area contributed by atoms with Crippen molar-refractivity contribution in [1.82, 2.24) is 20.1 Å². The second kappa shape index (κ2) is 17.2. The number of aliphatic hydroxyl groups excluding tert-OH is 1. The van der Waals surface area contributed by atoms with Crippen molar-refractivity contribution in [3.8, 4) is 16.8 Å². The number of aromatic amines is 1. The van der Waals surface area contributed by atoms with Crippen LogP contribution in [0.4, 0.5) is 0 Å². The molecule has 4 rings (SSSR count). The maximum atomic E-state index is 13.3. The lowest BCUT2D eigenvalue weighted by Gasteiger charge is -2.21. The first-order chi connectivity index (χ1) is 23.4. The number of halogens is 1. The zero-order valence-electron chi connectivity index (χ0n) is 27.1. The summed E-state index contributed by atoms with van der Waals surface area (Å²) in [5.74, 6) is -4.55. The second-order valence-electron chi connectivity index (χ2n) is 11.5. The lowest BCUT2D eigenvalue weighted by Crippen LogP contribution is -2.41. The largest absolute Gasteiger partial charge is 0.469 e. The van der Waals surface area contributed by atoms with Gasteiger partial charge < -0.3 is 24.6 Å². The van der Waals surface area contributed by atoms with Crippen molar-refractivity contribution in [2.45, 2.75) is 45.3 Å². The van der Waals surface area contributed by atoms with Gasteiger partial charge in [0.2, 0.25) is 12.6 Å². The van der Waals surface area contributed by atoms with Crippen molar-refractivity contribution in [2.75, 3.05) is 13.9 Å². The molecule has 0 unspecified atom stereocenters. The van der Waals surface area contributed by atoms with E-state index < -0.39 is 54.4 Å². The molecule has 0 saturated carbocycles. The maximum Gasteiger partial charge on any atom is 0.348 e. The van der Waals surface area contributed by atoms with Crippen LogP contribution in [0.1, 0.15) is 42.9 Å². The van der Waals surface area contributed by atoms with E-state index in [1.165, 1.54) is 7.11 Å². The summed E-state index contributed by atoms with van der Waals surface area (Å²) in [6, 6.07) is 22.5. The summed E-state index contributed by atoms with van der Waals surface area (Å²) in [6.07, 6.45) is -2.06. The minimum Gasteiger partial charge on any atom is -0.469 e. The van der Waals surface area contributed by atoms with Gasteiger partial charge in [-0.15, -0.1) is 5.10 Å². The number of nitrogens with zero attached hydrogens (tertiary/aromatic N) is 2. The van der Waals surface area contributed by atoms with Gasteiger partial charge in [-0.25, -0.2) is 9.59 Å². The van der Waals surface area contributed by atoms with Crippen LogP contribution in [-0.4, -0.2) is 69.7 Å². The molecule has 1 heterocycles. The highest BCUT2D eigenvalue weighted by molar-refractivity contribution is 6.30. The van der Waals surface area contributed by atoms with Crippen LogP contribution in [0.15, 0.2) is 83.7 Å². The molecule has 258 valence electrons. The van der Waals surface area contributed by atoms with Crippen LogP contribution < -0.4 is 11.0 Å². The molecular weight excluding hydrogens is 656 g/mol. The molecule has 14 heteroatoms. The molecule has 0 aliphatic rings. The Hall–Kier alpha value is -5.27. The first-order valence-corrected chi connectivity index (χ1v) is 15.8. The molecule has 0 aliphatic heterocycles. The van der Waals surface area contributed by atoms with Crippen molar-refractivity contribution >= 4 is 35.4 Å². The Morgan fingerprint density at radius 1 is 0.939 bits per heavy atom. The number of carbonyl (C=O) groups excluding carboxylic acids is 4. The van der Waals surface area contributed by atoms with Crippen molar-refractivity contribution in [1.29, 1.82) is 0 Å². The molecule has 0 radical (unpaired) electrons. The zero-order valence-corrected chi connectivity index (χ0v) is 27.9. The average molecular weight is 693 g/mol. The number of carbonyl (C=O) groups is 4. The molecular formula is C35H37ClN4O9. The Bertz CT molecular complexity index is 1810. The SMILES string of the molecule is COC(=O)C[C@H](C(=O)OCOC(=O)[C@H](O)C[C@@H](Cc1ccc(-c2cccc(Cl)c2)cc1)NC(=O)c1nn(-c2ccccc2)c(=O)[nH]1)C(C)C. The number of aromatic nitrogens is 3. The van der Waals surface area contributed by atoms with Gasteiger partial charge >= 0.3 is 23.6 Å². The van der Waals surface area contributed by atoms with Gasteiger partial charge in [0.25, 0.3) is 5.91 Å². The van der Waals surface area contributed by atoms with E-state index in [0.717, 1.165) is 21.4 Å². The van der Waals surface area contributed by atoms with E-state index in [-0.39, 0.29) is 31.0 Å². The van der Waals surface area contributed by atoms with Gasteiger partial charge in [-0.1, -0.05) is 80.0 Å². The molecule has 1 aromatic heterocycles. The zero-order chi connectivity index (χ0) is 35.5. The highest BCUT2D eigenvalue weighted by Gasteiger charge is 2.29. The summed E-state index contributed by atoms with van der Waals surface area (Å²) >= 11 is 6.14. The number of esters is 3. The fourth-order valence-electron chi connectivity index (χ4n) is 4.97. The maximum absolute atomic E-state index is 13.3. The van der Waals surface area contributed by atoms with Gasteiger partial charge in [0.15, 0.2) is 6.10 Å². The van der Waals surface area contributed by atoms with Gasteiger partial charge in [-0.3, -0.25) is 19.4 Å². The van der Waals surface area contributed by atoms with E-state index in [0.29, 0.717) is 10.7 Å². The molecule has 4 aromatic rings. The fourth-order valence-corrected chi connectivity index (χ4v) is 5.16. The van der Waals surface area contributed by atoms with E-state index >= 15 is 0 Å². The molecule has 1 amide bonds. The minimum atomic E-state index is -1.73. The number of benzene rings is 3. The Morgan fingerprint density at radius 3 is 2.29 bits per heavy atom. The van der Waals surface area contributed by atoms with E-state index in [9.17, 15) is 29.1 Å². The van der Waals surface area contributed by atoms with Crippen LogP contribution in [0.3, 0.4) is 0 Å². The van der Waals surface area contributed by atoms with Gasteiger partial charge in [0.05, 0.1) is 25.1 Å². The van der Waals surface area contributed by atoms with Crippen molar-refractivity contribution in [2.24, 2.45) is 11.8 Å². The Kier molecular flexibility index (Phi) is 12.9. The van der Waals surface area contributed by atoms with Gasteiger partial charge in [-0.05, 0) is 53.3 Å². The molecule has 0 aliphatic carbocycles. The number of H-pyrrole nitrogens is 1. The number of ether oxygens (including phenoxy) is 3. The lowest BCUT2D eigenvalue weighted by molar-refractivity contribution is -0.178. The average Bonchev–Trinajstić information content (AvgIpc) is 3.49. The minimum absolute atomic E-state index is 0.175. The Balaban J connectivity index is 1.45. The quantitative estimate of drug-likeness (QED) is 0.122. The molecule has 13 nitrogen and oxygen atoms in total. The number of hydrogen-bond donors (Lipinski definition) is 3. The lowest BCUT2D eigenvalue weighted by atomic mass is 9.93. The summed E-state index contributed by atoms with van der Waals surface area (Å²) in [4.78, 5) is 65.1. The van der Waals surface area contributed by atoms with Crippen molar-refractivity contribution in [3.05, 3.63) is 106 Å². The number of nitrogens with one attached hydrogen (secondary N) is 2. The highest BCUT2D eigenvalue weighted by Crippen LogP contribution is 2.24. The van der Waals surface area contributed by atoms with Crippen molar-refractivity contribution in [3.63, 3.8) is 0 Å². The number of hydrogen-bond acceptors (Lipinski definition) is 10. The summed E-state index contributed by atoms with van der Waals surface area (Å²) in [6.45, 7) is 2.66. The third kappa shape index (κ3) is 10.4. The number of methoxy groups -OCH3 is 1.